The first kappa shape index (κ1) is 13.9. The second-order valence-corrected chi connectivity index (χ2v) is 4.64. The van der Waals surface area contributed by atoms with Gasteiger partial charge in [-0.15, -0.1) is 0 Å². The third kappa shape index (κ3) is 2.56. The number of carboxylic acid groups (broad SMARTS) is 1. The largest absolute Gasteiger partial charge is 0.486 e. The molecule has 0 bridgehead atoms. The van der Waals surface area contributed by atoms with Crippen molar-refractivity contribution in [1.82, 2.24) is 9.38 Å². The van der Waals surface area contributed by atoms with Gasteiger partial charge in [0.1, 0.15) is 18.2 Å². The van der Waals surface area contributed by atoms with Crippen LogP contribution in [-0.4, -0.2) is 20.5 Å². The number of rotatable bonds is 4. The standard InChI is InChI=1S/C15H12FN3O3/c16-9-2-1-3-11(6-9)22-8-13-18-14(15(20)21)12-7-10(17)4-5-19(12)13/h1-7H,8,17H2,(H,20,21). The zero-order valence-corrected chi connectivity index (χ0v) is 11.4. The summed E-state index contributed by atoms with van der Waals surface area (Å²) in [6, 6.07) is 8.84. The van der Waals surface area contributed by atoms with E-state index in [1.54, 1.807) is 22.7 Å². The van der Waals surface area contributed by atoms with Crippen LogP contribution in [-0.2, 0) is 6.61 Å². The molecule has 0 saturated carbocycles. The first-order valence-corrected chi connectivity index (χ1v) is 6.43. The number of carbonyl (C=O) groups is 1. The van der Waals surface area contributed by atoms with Crippen LogP contribution in [0.4, 0.5) is 10.1 Å². The van der Waals surface area contributed by atoms with E-state index in [-0.39, 0.29) is 12.3 Å². The number of halogens is 1. The molecule has 0 fully saturated rings. The minimum atomic E-state index is -1.15. The molecule has 0 aliphatic heterocycles. The van der Waals surface area contributed by atoms with Gasteiger partial charge < -0.3 is 15.6 Å². The molecule has 2 heterocycles. The first-order chi connectivity index (χ1) is 10.5. The highest BCUT2D eigenvalue weighted by molar-refractivity contribution is 5.94. The van der Waals surface area contributed by atoms with Gasteiger partial charge in [-0.1, -0.05) is 6.07 Å². The molecule has 3 aromatic rings. The number of nitrogens with zero attached hydrogens (tertiary/aromatic N) is 2. The molecular formula is C15H12FN3O3. The van der Waals surface area contributed by atoms with Gasteiger partial charge in [0, 0.05) is 18.0 Å². The van der Waals surface area contributed by atoms with Crippen LogP contribution in [0.3, 0.4) is 0 Å². The minimum Gasteiger partial charge on any atom is -0.486 e. The number of imidazole rings is 1. The van der Waals surface area contributed by atoms with Crippen LogP contribution >= 0.6 is 0 Å². The Morgan fingerprint density at radius 3 is 2.91 bits per heavy atom. The third-order valence-electron chi connectivity index (χ3n) is 3.11. The molecule has 3 N–H and O–H groups in total. The lowest BCUT2D eigenvalue weighted by Crippen LogP contribution is -2.02. The fourth-order valence-electron chi connectivity index (χ4n) is 2.13. The van der Waals surface area contributed by atoms with E-state index in [1.165, 1.54) is 24.3 Å². The first-order valence-electron chi connectivity index (χ1n) is 6.43. The smallest absolute Gasteiger partial charge is 0.356 e. The normalized spacial score (nSPS) is 10.8. The number of hydrogen-bond acceptors (Lipinski definition) is 4. The SMILES string of the molecule is Nc1ccn2c(COc3cccc(F)c3)nc(C(=O)O)c2c1. The number of nitrogens with two attached hydrogens (primary N) is 1. The van der Waals surface area contributed by atoms with Crippen LogP contribution in [0.5, 0.6) is 5.75 Å². The van der Waals surface area contributed by atoms with E-state index in [2.05, 4.69) is 4.98 Å². The molecule has 2 aromatic heterocycles. The molecule has 0 radical (unpaired) electrons. The predicted octanol–water partition coefficient (Wildman–Crippen LogP) is 2.33. The lowest BCUT2D eigenvalue weighted by atomic mass is 10.3. The Kier molecular flexibility index (Phi) is 3.38. The van der Waals surface area contributed by atoms with E-state index in [4.69, 9.17) is 10.5 Å². The fourth-order valence-corrected chi connectivity index (χ4v) is 2.13. The Morgan fingerprint density at radius 2 is 2.18 bits per heavy atom. The molecule has 22 heavy (non-hydrogen) atoms. The average Bonchev–Trinajstić information content (AvgIpc) is 2.83. The van der Waals surface area contributed by atoms with Gasteiger partial charge in [0.15, 0.2) is 11.5 Å². The van der Waals surface area contributed by atoms with Gasteiger partial charge in [-0.05, 0) is 24.3 Å². The number of fused-ring (bicyclic) bond motifs is 1. The summed E-state index contributed by atoms with van der Waals surface area (Å²) in [5, 5.41) is 9.20. The van der Waals surface area contributed by atoms with Crippen molar-refractivity contribution in [2.45, 2.75) is 6.61 Å². The van der Waals surface area contributed by atoms with Gasteiger partial charge in [-0.2, -0.15) is 0 Å². The van der Waals surface area contributed by atoms with Crippen molar-refractivity contribution in [2.24, 2.45) is 0 Å². The zero-order chi connectivity index (χ0) is 15.7. The number of anilines is 1. The van der Waals surface area contributed by atoms with E-state index >= 15 is 0 Å². The molecule has 1 aromatic carbocycles. The second-order valence-electron chi connectivity index (χ2n) is 4.64. The maximum absolute atomic E-state index is 13.1. The molecule has 0 spiro atoms. The molecule has 112 valence electrons. The molecule has 0 atom stereocenters. The zero-order valence-electron chi connectivity index (χ0n) is 11.4. The Bertz CT molecular complexity index is 860. The average molecular weight is 301 g/mol. The van der Waals surface area contributed by atoms with Crippen LogP contribution in [0.2, 0.25) is 0 Å². The van der Waals surface area contributed by atoms with E-state index in [0.29, 0.717) is 22.8 Å². The fraction of sp³-hybridized carbons (Fsp3) is 0.0667. The number of benzene rings is 1. The summed E-state index contributed by atoms with van der Waals surface area (Å²) in [6.07, 6.45) is 1.62. The highest BCUT2D eigenvalue weighted by atomic mass is 19.1. The lowest BCUT2D eigenvalue weighted by molar-refractivity contribution is 0.0693. The van der Waals surface area contributed by atoms with Gasteiger partial charge in [0.2, 0.25) is 0 Å². The van der Waals surface area contributed by atoms with Crippen LogP contribution in [0, 0.1) is 5.82 Å². The maximum Gasteiger partial charge on any atom is 0.356 e. The van der Waals surface area contributed by atoms with Crippen molar-refractivity contribution in [2.75, 3.05) is 5.73 Å². The van der Waals surface area contributed by atoms with Gasteiger partial charge in [-0.25, -0.2) is 14.2 Å². The van der Waals surface area contributed by atoms with Gasteiger partial charge in [0.05, 0.1) is 5.52 Å². The van der Waals surface area contributed by atoms with Gasteiger partial charge >= 0.3 is 5.97 Å². The molecule has 7 heteroatoms. The van der Waals surface area contributed by atoms with Crippen molar-refractivity contribution >= 4 is 17.2 Å². The van der Waals surface area contributed by atoms with Crippen LogP contribution in [0.15, 0.2) is 42.6 Å². The Hall–Kier alpha value is -3.09. The maximum atomic E-state index is 13.1. The van der Waals surface area contributed by atoms with E-state index in [0.717, 1.165) is 0 Å². The number of ether oxygens (including phenoxy) is 1. The van der Waals surface area contributed by atoms with Crippen LogP contribution in [0.25, 0.3) is 5.52 Å². The van der Waals surface area contributed by atoms with Crippen LogP contribution in [0.1, 0.15) is 16.3 Å². The van der Waals surface area contributed by atoms with E-state index < -0.39 is 11.8 Å². The molecule has 0 amide bonds. The Balaban J connectivity index is 1.95. The van der Waals surface area contributed by atoms with Crippen molar-refractivity contribution in [1.29, 1.82) is 0 Å². The Labute approximate surface area is 124 Å². The summed E-state index contributed by atoms with van der Waals surface area (Å²) < 4.78 is 20.1. The molecule has 0 aliphatic carbocycles. The van der Waals surface area contributed by atoms with Gasteiger partial charge in [-0.3, -0.25) is 4.40 Å². The monoisotopic (exact) mass is 301 g/mol. The summed E-state index contributed by atoms with van der Waals surface area (Å²) >= 11 is 0. The second kappa shape index (κ2) is 5.36. The molecule has 0 unspecified atom stereocenters. The van der Waals surface area contributed by atoms with E-state index in [1.807, 2.05) is 0 Å². The number of aromatic carboxylic acids is 1. The van der Waals surface area contributed by atoms with Crippen LogP contribution < -0.4 is 10.5 Å². The molecule has 6 nitrogen and oxygen atoms in total. The van der Waals surface area contributed by atoms with Crippen molar-refractivity contribution < 1.29 is 19.0 Å². The summed E-state index contributed by atoms with van der Waals surface area (Å²) in [4.78, 5) is 15.3. The van der Waals surface area contributed by atoms with Crippen molar-refractivity contribution in [3.05, 3.63) is 59.9 Å². The van der Waals surface area contributed by atoms with E-state index in [9.17, 15) is 14.3 Å². The highest BCUT2D eigenvalue weighted by Gasteiger charge is 2.17. The molecule has 0 saturated heterocycles. The van der Waals surface area contributed by atoms with Gasteiger partial charge in [0.25, 0.3) is 0 Å². The quantitative estimate of drug-likeness (QED) is 0.772. The number of aromatic nitrogens is 2. The minimum absolute atomic E-state index is 0.00180. The topological polar surface area (TPSA) is 89.9 Å². The molecule has 0 aliphatic rings. The molecular weight excluding hydrogens is 289 g/mol. The lowest BCUT2D eigenvalue weighted by Gasteiger charge is -2.05. The highest BCUT2D eigenvalue weighted by Crippen LogP contribution is 2.19. The number of pyridine rings is 1. The Morgan fingerprint density at radius 1 is 1.36 bits per heavy atom. The number of nitrogen functional groups attached to an aromatic ring is 1. The summed E-state index contributed by atoms with van der Waals surface area (Å²) in [6.45, 7) is 0.00180. The van der Waals surface area contributed by atoms with Crippen molar-refractivity contribution in [3.63, 3.8) is 0 Å². The number of hydrogen-bond donors (Lipinski definition) is 2. The predicted molar refractivity (Wildman–Crippen MR) is 77.3 cm³/mol. The third-order valence-corrected chi connectivity index (χ3v) is 3.11. The molecule has 3 rings (SSSR count). The number of carboxylic acids is 1. The summed E-state index contributed by atoms with van der Waals surface area (Å²) in [5.74, 6) is -0.842. The van der Waals surface area contributed by atoms with Crippen molar-refractivity contribution in [3.8, 4) is 5.75 Å². The summed E-state index contributed by atoms with van der Waals surface area (Å²) in [5.41, 5.74) is 6.39. The summed E-state index contributed by atoms with van der Waals surface area (Å²) in [7, 11) is 0.